The lowest BCUT2D eigenvalue weighted by Gasteiger charge is -2.17. The Labute approximate surface area is 165 Å². The summed E-state index contributed by atoms with van der Waals surface area (Å²) in [5, 5.41) is 2.75. The predicted octanol–water partition coefficient (Wildman–Crippen LogP) is 4.02. The fourth-order valence-corrected chi connectivity index (χ4v) is 2.59. The van der Waals surface area contributed by atoms with Gasteiger partial charge in [0, 0.05) is 31.3 Å². The third-order valence-corrected chi connectivity index (χ3v) is 4.04. The van der Waals surface area contributed by atoms with Gasteiger partial charge in [0.2, 0.25) is 11.8 Å². The van der Waals surface area contributed by atoms with Gasteiger partial charge >= 0.3 is 5.97 Å². The van der Waals surface area contributed by atoms with Gasteiger partial charge in [0.25, 0.3) is 0 Å². The van der Waals surface area contributed by atoms with E-state index >= 15 is 0 Å². The Bertz CT molecular complexity index is 818. The summed E-state index contributed by atoms with van der Waals surface area (Å²) in [5.41, 5.74) is 1.73. The predicted molar refractivity (Wildman–Crippen MR) is 109 cm³/mol. The van der Waals surface area contributed by atoms with Crippen LogP contribution >= 0.6 is 0 Å². The molecule has 0 spiro atoms. The molecule has 1 N–H and O–H groups in total. The minimum atomic E-state index is -0.430. The lowest BCUT2D eigenvalue weighted by molar-refractivity contribution is -0.118. The number of hydrogen-bond acceptors (Lipinski definition) is 4. The topological polar surface area (TPSA) is 75.7 Å². The Hall–Kier alpha value is -3.15. The van der Waals surface area contributed by atoms with Crippen LogP contribution in [0.25, 0.3) is 0 Å². The molecule has 0 heterocycles. The molecule has 0 saturated heterocycles. The van der Waals surface area contributed by atoms with Crippen LogP contribution in [0.5, 0.6) is 0 Å². The van der Waals surface area contributed by atoms with Crippen LogP contribution in [-0.2, 0) is 14.3 Å². The smallest absolute Gasteiger partial charge is 0.338 e. The number of ether oxygens (including phenoxy) is 1. The third-order valence-electron chi connectivity index (χ3n) is 4.04. The second-order valence-electron chi connectivity index (χ2n) is 6.72. The van der Waals surface area contributed by atoms with Crippen molar-refractivity contribution >= 4 is 29.2 Å². The van der Waals surface area contributed by atoms with Gasteiger partial charge in [0.15, 0.2) is 0 Å². The van der Waals surface area contributed by atoms with Crippen LogP contribution < -0.4 is 10.2 Å². The average molecular weight is 382 g/mol. The second kappa shape index (κ2) is 10.3. The molecule has 0 aliphatic rings. The highest BCUT2D eigenvalue weighted by atomic mass is 16.5. The van der Waals surface area contributed by atoms with E-state index in [1.807, 2.05) is 30.3 Å². The maximum atomic E-state index is 12.2. The molecule has 2 aromatic rings. The summed E-state index contributed by atoms with van der Waals surface area (Å²) in [6.07, 6.45) is 0.725. The SMILES string of the molecule is CC(C)OC(=O)c1cccc(NC(=O)CCCC(=O)N(C)c2ccccc2)c1. The first-order valence-electron chi connectivity index (χ1n) is 9.29. The van der Waals surface area contributed by atoms with Gasteiger partial charge in [-0.05, 0) is 50.6 Å². The molecule has 28 heavy (non-hydrogen) atoms. The van der Waals surface area contributed by atoms with Crippen molar-refractivity contribution in [3.8, 4) is 0 Å². The van der Waals surface area contributed by atoms with Gasteiger partial charge in [0.1, 0.15) is 0 Å². The van der Waals surface area contributed by atoms with Crippen molar-refractivity contribution in [3.05, 3.63) is 60.2 Å². The van der Waals surface area contributed by atoms with Crippen molar-refractivity contribution in [2.75, 3.05) is 17.3 Å². The van der Waals surface area contributed by atoms with Crippen LogP contribution in [0.4, 0.5) is 11.4 Å². The van der Waals surface area contributed by atoms with Gasteiger partial charge in [-0.25, -0.2) is 4.79 Å². The van der Waals surface area contributed by atoms with E-state index in [9.17, 15) is 14.4 Å². The zero-order valence-corrected chi connectivity index (χ0v) is 16.5. The van der Waals surface area contributed by atoms with Gasteiger partial charge in [-0.15, -0.1) is 0 Å². The van der Waals surface area contributed by atoms with Gasteiger partial charge < -0.3 is 15.0 Å². The Morgan fingerprint density at radius 1 is 1.00 bits per heavy atom. The van der Waals surface area contributed by atoms with Gasteiger partial charge in [-0.3, -0.25) is 9.59 Å². The van der Waals surface area contributed by atoms with Crippen molar-refractivity contribution in [1.82, 2.24) is 0 Å². The third kappa shape index (κ3) is 6.54. The van der Waals surface area contributed by atoms with Crippen LogP contribution in [0.15, 0.2) is 54.6 Å². The Morgan fingerprint density at radius 3 is 2.39 bits per heavy atom. The largest absolute Gasteiger partial charge is 0.459 e. The molecular weight excluding hydrogens is 356 g/mol. The number of benzene rings is 2. The van der Waals surface area contributed by atoms with Crippen molar-refractivity contribution in [1.29, 1.82) is 0 Å². The summed E-state index contributed by atoms with van der Waals surface area (Å²) in [6.45, 7) is 3.56. The maximum Gasteiger partial charge on any atom is 0.338 e. The van der Waals surface area contributed by atoms with E-state index in [-0.39, 0.29) is 30.8 Å². The maximum absolute atomic E-state index is 12.2. The van der Waals surface area contributed by atoms with Gasteiger partial charge in [-0.2, -0.15) is 0 Å². The molecule has 0 atom stereocenters. The fraction of sp³-hybridized carbons (Fsp3) is 0.318. The number of para-hydroxylation sites is 1. The first-order chi connectivity index (χ1) is 13.4. The van der Waals surface area contributed by atoms with E-state index in [0.717, 1.165) is 5.69 Å². The molecule has 6 nitrogen and oxygen atoms in total. The summed E-state index contributed by atoms with van der Waals surface area (Å²) in [4.78, 5) is 37.9. The van der Waals surface area contributed by atoms with E-state index in [1.165, 1.54) is 0 Å². The van der Waals surface area contributed by atoms with Crippen molar-refractivity contribution in [2.24, 2.45) is 0 Å². The minimum Gasteiger partial charge on any atom is -0.459 e. The molecule has 0 fully saturated rings. The zero-order chi connectivity index (χ0) is 20.5. The molecule has 0 radical (unpaired) electrons. The van der Waals surface area contributed by atoms with Gasteiger partial charge in [-0.1, -0.05) is 24.3 Å². The standard InChI is InChI=1S/C22H26N2O4/c1-16(2)28-22(27)17-9-7-10-18(15-17)23-20(25)13-8-14-21(26)24(3)19-11-5-4-6-12-19/h4-7,9-12,15-16H,8,13-14H2,1-3H3,(H,23,25). The number of amides is 2. The van der Waals surface area contributed by atoms with Crippen molar-refractivity contribution in [2.45, 2.75) is 39.2 Å². The highest BCUT2D eigenvalue weighted by molar-refractivity contribution is 5.95. The number of carbonyl (C=O) groups is 3. The molecule has 0 aromatic heterocycles. The molecule has 6 heteroatoms. The van der Waals surface area contributed by atoms with E-state index in [1.54, 1.807) is 50.1 Å². The van der Waals surface area contributed by atoms with E-state index in [0.29, 0.717) is 17.7 Å². The first-order valence-corrected chi connectivity index (χ1v) is 9.29. The number of rotatable bonds is 8. The van der Waals surface area contributed by atoms with E-state index in [2.05, 4.69) is 5.32 Å². The highest BCUT2D eigenvalue weighted by Crippen LogP contribution is 2.15. The lowest BCUT2D eigenvalue weighted by atomic mass is 10.1. The summed E-state index contributed by atoms with van der Waals surface area (Å²) < 4.78 is 5.15. The zero-order valence-electron chi connectivity index (χ0n) is 16.5. The molecule has 0 aliphatic heterocycles. The molecule has 2 amide bonds. The second-order valence-corrected chi connectivity index (χ2v) is 6.72. The Kier molecular flexibility index (Phi) is 7.75. The molecule has 2 rings (SSSR count). The number of anilines is 2. The number of esters is 1. The molecular formula is C22H26N2O4. The van der Waals surface area contributed by atoms with E-state index < -0.39 is 5.97 Å². The molecule has 148 valence electrons. The van der Waals surface area contributed by atoms with Crippen molar-refractivity contribution in [3.63, 3.8) is 0 Å². The molecule has 0 unspecified atom stereocenters. The molecule has 0 aliphatic carbocycles. The highest BCUT2D eigenvalue weighted by Gasteiger charge is 2.13. The van der Waals surface area contributed by atoms with Gasteiger partial charge in [0.05, 0.1) is 11.7 Å². The summed E-state index contributed by atoms with van der Waals surface area (Å²) in [7, 11) is 1.72. The Balaban J connectivity index is 1.81. The summed E-state index contributed by atoms with van der Waals surface area (Å²) >= 11 is 0. The van der Waals surface area contributed by atoms with Crippen LogP contribution in [-0.4, -0.2) is 30.9 Å². The minimum absolute atomic E-state index is 0.0440. The van der Waals surface area contributed by atoms with Crippen LogP contribution in [0.3, 0.4) is 0 Å². The monoisotopic (exact) mass is 382 g/mol. The number of nitrogens with zero attached hydrogens (tertiary/aromatic N) is 1. The van der Waals surface area contributed by atoms with E-state index in [4.69, 9.17) is 4.74 Å². The summed E-state index contributed by atoms with van der Waals surface area (Å²) in [5.74, 6) is -0.678. The number of carbonyl (C=O) groups excluding carboxylic acids is 3. The van der Waals surface area contributed by atoms with Crippen molar-refractivity contribution < 1.29 is 19.1 Å². The van der Waals surface area contributed by atoms with Crippen LogP contribution in [0, 0.1) is 0 Å². The van der Waals surface area contributed by atoms with Crippen LogP contribution in [0.1, 0.15) is 43.5 Å². The fourth-order valence-electron chi connectivity index (χ4n) is 2.59. The Morgan fingerprint density at radius 2 is 1.71 bits per heavy atom. The average Bonchev–Trinajstić information content (AvgIpc) is 2.67. The quantitative estimate of drug-likeness (QED) is 0.700. The number of hydrogen-bond donors (Lipinski definition) is 1. The first kappa shape index (κ1) is 21.2. The number of nitrogens with one attached hydrogen (secondary N) is 1. The summed E-state index contributed by atoms with van der Waals surface area (Å²) in [6, 6.07) is 16.0. The molecule has 0 bridgehead atoms. The lowest BCUT2D eigenvalue weighted by Crippen LogP contribution is -2.26. The molecule has 0 saturated carbocycles. The normalized spacial score (nSPS) is 10.4. The van der Waals surface area contributed by atoms with Crippen LogP contribution in [0.2, 0.25) is 0 Å². The molecule has 2 aromatic carbocycles.